The zero-order valence-electron chi connectivity index (χ0n) is 12.4. The summed E-state index contributed by atoms with van der Waals surface area (Å²) >= 11 is 0. The third kappa shape index (κ3) is 4.73. The van der Waals surface area contributed by atoms with Gasteiger partial charge in [0.05, 0.1) is 12.9 Å². The lowest BCUT2D eigenvalue weighted by Gasteiger charge is -2.17. The Labute approximate surface area is 129 Å². The maximum absolute atomic E-state index is 12.1. The van der Waals surface area contributed by atoms with E-state index in [4.69, 9.17) is 4.74 Å². The topological polar surface area (TPSA) is 73.2 Å². The lowest BCUT2D eigenvalue weighted by molar-refractivity contribution is -0.147. The normalized spacial score (nSPS) is 11.7. The number of carbonyl (C=O) groups excluding carboxylic acids is 2. The van der Waals surface area contributed by atoms with Crippen LogP contribution in [-0.4, -0.2) is 34.1 Å². The Kier molecular flexibility index (Phi) is 5.71. The first-order valence-electron chi connectivity index (χ1n) is 7.14. The summed E-state index contributed by atoms with van der Waals surface area (Å²) in [5.41, 5.74) is 0.962. The van der Waals surface area contributed by atoms with Gasteiger partial charge in [0.1, 0.15) is 12.6 Å². The molecule has 0 aliphatic carbocycles. The van der Waals surface area contributed by atoms with Gasteiger partial charge in [0.15, 0.2) is 0 Å². The van der Waals surface area contributed by atoms with Crippen molar-refractivity contribution in [3.63, 3.8) is 0 Å². The monoisotopic (exact) mass is 301 g/mol. The number of carbonyl (C=O) groups is 2. The molecule has 0 spiro atoms. The highest BCUT2D eigenvalue weighted by Crippen LogP contribution is 2.05. The fourth-order valence-electron chi connectivity index (χ4n) is 2.07. The molecule has 0 unspecified atom stereocenters. The molecule has 0 aliphatic heterocycles. The molecule has 0 fully saturated rings. The van der Waals surface area contributed by atoms with Gasteiger partial charge in [-0.2, -0.15) is 0 Å². The molecule has 22 heavy (non-hydrogen) atoms. The Balaban J connectivity index is 2.00. The van der Waals surface area contributed by atoms with Gasteiger partial charge in [-0.15, -0.1) is 0 Å². The standard InChI is InChI=1S/C16H19N3O3/c1-2-22-16(21)14(10-13-6-4-3-5-7-13)18-15(20)11-19-9-8-17-12-19/h3-9,12,14H,2,10-11H2,1H3,(H,18,20)/t14-/m0/s1. The van der Waals surface area contributed by atoms with Crippen LogP contribution < -0.4 is 5.32 Å². The van der Waals surface area contributed by atoms with Crippen LogP contribution >= 0.6 is 0 Å². The fraction of sp³-hybridized carbons (Fsp3) is 0.312. The number of amides is 1. The molecule has 6 nitrogen and oxygen atoms in total. The summed E-state index contributed by atoms with van der Waals surface area (Å²) in [6.45, 7) is 2.14. The first-order valence-corrected chi connectivity index (χ1v) is 7.14. The molecular weight excluding hydrogens is 282 g/mol. The zero-order chi connectivity index (χ0) is 15.8. The summed E-state index contributed by atoms with van der Waals surface area (Å²) in [5.74, 6) is -0.683. The van der Waals surface area contributed by atoms with Gasteiger partial charge in [-0.1, -0.05) is 30.3 Å². The van der Waals surface area contributed by atoms with Crippen LogP contribution in [0, 0.1) is 0 Å². The summed E-state index contributed by atoms with van der Waals surface area (Å²) in [4.78, 5) is 28.0. The molecule has 2 rings (SSSR count). The van der Waals surface area contributed by atoms with Crippen LogP contribution in [0.3, 0.4) is 0 Å². The van der Waals surface area contributed by atoms with Crippen LogP contribution in [-0.2, 0) is 27.3 Å². The molecule has 116 valence electrons. The van der Waals surface area contributed by atoms with Gasteiger partial charge in [-0.05, 0) is 12.5 Å². The van der Waals surface area contributed by atoms with Crippen molar-refractivity contribution in [2.75, 3.05) is 6.61 Å². The molecule has 1 aromatic heterocycles. The van der Waals surface area contributed by atoms with E-state index in [1.165, 1.54) is 0 Å². The van der Waals surface area contributed by atoms with Gasteiger partial charge in [0.2, 0.25) is 5.91 Å². The molecule has 1 atom stereocenters. The third-order valence-electron chi connectivity index (χ3n) is 3.07. The van der Waals surface area contributed by atoms with E-state index in [2.05, 4.69) is 10.3 Å². The summed E-state index contributed by atoms with van der Waals surface area (Å²) in [6.07, 6.45) is 5.24. The van der Waals surface area contributed by atoms with Crippen molar-refractivity contribution in [3.05, 3.63) is 54.6 Å². The van der Waals surface area contributed by atoms with Crippen LogP contribution in [0.25, 0.3) is 0 Å². The zero-order valence-corrected chi connectivity index (χ0v) is 12.4. The second-order valence-electron chi connectivity index (χ2n) is 4.80. The van der Waals surface area contributed by atoms with Gasteiger partial charge in [0.25, 0.3) is 0 Å². The molecule has 0 saturated carbocycles. The first-order chi connectivity index (χ1) is 10.7. The first kappa shape index (κ1) is 15.8. The average molecular weight is 301 g/mol. The number of aromatic nitrogens is 2. The molecule has 1 heterocycles. The minimum Gasteiger partial charge on any atom is -0.464 e. The summed E-state index contributed by atoms with van der Waals surface area (Å²) in [7, 11) is 0. The number of nitrogens with zero attached hydrogens (tertiary/aromatic N) is 2. The van der Waals surface area contributed by atoms with Gasteiger partial charge >= 0.3 is 5.97 Å². The highest BCUT2D eigenvalue weighted by atomic mass is 16.5. The molecule has 0 saturated heterocycles. The smallest absolute Gasteiger partial charge is 0.328 e. The molecule has 2 aromatic rings. The summed E-state index contributed by atoms with van der Waals surface area (Å²) in [6, 6.07) is 8.82. The van der Waals surface area contributed by atoms with Gasteiger partial charge in [-0.3, -0.25) is 4.79 Å². The lowest BCUT2D eigenvalue weighted by atomic mass is 10.1. The van der Waals surface area contributed by atoms with Crippen LogP contribution in [0.5, 0.6) is 0 Å². The second kappa shape index (κ2) is 7.97. The van der Waals surface area contributed by atoms with E-state index in [-0.39, 0.29) is 19.1 Å². The van der Waals surface area contributed by atoms with Crippen molar-refractivity contribution < 1.29 is 14.3 Å². The van der Waals surface area contributed by atoms with E-state index in [9.17, 15) is 9.59 Å². The molecule has 1 amide bonds. The minimum absolute atomic E-state index is 0.116. The Morgan fingerprint density at radius 3 is 2.73 bits per heavy atom. The predicted octanol–water partition coefficient (Wildman–Crippen LogP) is 1.17. The van der Waals surface area contributed by atoms with Gasteiger partial charge in [0, 0.05) is 18.8 Å². The number of hydrogen-bond acceptors (Lipinski definition) is 4. The molecule has 0 bridgehead atoms. The van der Waals surface area contributed by atoms with Crippen LogP contribution in [0.2, 0.25) is 0 Å². The van der Waals surface area contributed by atoms with E-state index < -0.39 is 12.0 Å². The third-order valence-corrected chi connectivity index (χ3v) is 3.07. The van der Waals surface area contributed by atoms with Crippen LogP contribution in [0.1, 0.15) is 12.5 Å². The molecule has 0 radical (unpaired) electrons. The predicted molar refractivity (Wildman–Crippen MR) is 80.9 cm³/mol. The molecule has 1 aromatic carbocycles. The number of imidazole rings is 1. The van der Waals surface area contributed by atoms with E-state index in [1.54, 1.807) is 30.2 Å². The van der Waals surface area contributed by atoms with Crippen molar-refractivity contribution in [1.29, 1.82) is 0 Å². The Morgan fingerprint density at radius 2 is 2.09 bits per heavy atom. The van der Waals surface area contributed by atoms with Crippen LogP contribution in [0.4, 0.5) is 0 Å². The number of esters is 1. The van der Waals surface area contributed by atoms with Crippen LogP contribution in [0.15, 0.2) is 49.1 Å². The number of benzene rings is 1. The van der Waals surface area contributed by atoms with Gasteiger partial charge < -0.3 is 14.6 Å². The number of nitrogens with one attached hydrogen (secondary N) is 1. The number of ether oxygens (including phenoxy) is 1. The van der Waals surface area contributed by atoms with Crippen molar-refractivity contribution >= 4 is 11.9 Å². The van der Waals surface area contributed by atoms with Crippen molar-refractivity contribution in [2.45, 2.75) is 25.9 Å². The summed E-state index contributed by atoms with van der Waals surface area (Å²) in [5, 5.41) is 2.73. The van der Waals surface area contributed by atoms with Crippen molar-refractivity contribution in [2.24, 2.45) is 0 Å². The SMILES string of the molecule is CCOC(=O)[C@H](Cc1ccccc1)NC(=O)Cn1ccnc1. The van der Waals surface area contributed by atoms with Crippen molar-refractivity contribution in [3.8, 4) is 0 Å². The summed E-state index contributed by atoms with van der Waals surface area (Å²) < 4.78 is 6.68. The Bertz CT molecular complexity index is 596. The fourth-order valence-corrected chi connectivity index (χ4v) is 2.07. The quantitative estimate of drug-likeness (QED) is 0.779. The average Bonchev–Trinajstić information content (AvgIpc) is 3.00. The van der Waals surface area contributed by atoms with E-state index >= 15 is 0 Å². The number of rotatable bonds is 7. The van der Waals surface area contributed by atoms with E-state index in [1.807, 2.05) is 30.3 Å². The lowest BCUT2D eigenvalue weighted by Crippen LogP contribution is -2.44. The van der Waals surface area contributed by atoms with E-state index in [0.29, 0.717) is 6.42 Å². The largest absolute Gasteiger partial charge is 0.464 e. The molecule has 6 heteroatoms. The highest BCUT2D eigenvalue weighted by Gasteiger charge is 2.22. The van der Waals surface area contributed by atoms with Crippen molar-refractivity contribution in [1.82, 2.24) is 14.9 Å². The maximum Gasteiger partial charge on any atom is 0.328 e. The minimum atomic E-state index is -0.696. The number of hydrogen-bond donors (Lipinski definition) is 1. The van der Waals surface area contributed by atoms with E-state index in [0.717, 1.165) is 5.56 Å². The maximum atomic E-state index is 12.1. The molecular formula is C16H19N3O3. The second-order valence-corrected chi connectivity index (χ2v) is 4.80. The Hall–Kier alpha value is -2.63. The van der Waals surface area contributed by atoms with Gasteiger partial charge in [-0.25, -0.2) is 9.78 Å². The Morgan fingerprint density at radius 1 is 1.32 bits per heavy atom. The molecule has 1 N–H and O–H groups in total. The molecule has 0 aliphatic rings. The highest BCUT2D eigenvalue weighted by molar-refractivity contribution is 5.84.